The molecule has 0 bridgehead atoms. The highest BCUT2D eigenvalue weighted by molar-refractivity contribution is 6.36. The highest BCUT2D eigenvalue weighted by atomic mass is 35.5. The molecule has 1 unspecified atom stereocenters. The minimum atomic E-state index is -0.198. The fourth-order valence-electron chi connectivity index (χ4n) is 2.32. The van der Waals surface area contributed by atoms with Crippen molar-refractivity contribution in [2.75, 3.05) is 13.6 Å². The number of benzene rings is 2. The van der Waals surface area contributed by atoms with Gasteiger partial charge in [0.25, 0.3) is 0 Å². The van der Waals surface area contributed by atoms with Crippen LogP contribution in [-0.2, 0) is 6.42 Å². The second-order valence-corrected chi connectivity index (χ2v) is 5.49. The van der Waals surface area contributed by atoms with Gasteiger partial charge in [-0.15, -0.1) is 0 Å². The number of rotatable bonds is 5. The summed E-state index contributed by atoms with van der Waals surface area (Å²) in [4.78, 5) is 0. The summed E-state index contributed by atoms with van der Waals surface area (Å²) in [7, 11) is 1.85. The summed E-state index contributed by atoms with van der Waals surface area (Å²) in [5.41, 5.74) is 1.54. The number of likely N-dealkylation sites (N-methyl/N-ethyl adjacent to an activating group) is 1. The lowest BCUT2D eigenvalue weighted by Crippen LogP contribution is -2.20. The molecule has 0 spiro atoms. The molecule has 0 saturated carbocycles. The van der Waals surface area contributed by atoms with Crippen molar-refractivity contribution in [1.82, 2.24) is 5.32 Å². The van der Waals surface area contributed by atoms with Gasteiger partial charge >= 0.3 is 0 Å². The third-order valence-electron chi connectivity index (χ3n) is 3.31. The standard InChI is InChI=1S/C16H16Cl2FN/c1-20-10-11(12-5-2-3-8-16(12)19)9-13-14(17)6-4-7-15(13)18/h2-8,11,20H,9-10H2,1H3. The summed E-state index contributed by atoms with van der Waals surface area (Å²) in [6, 6.07) is 12.2. The second kappa shape index (κ2) is 7.07. The van der Waals surface area contributed by atoms with E-state index in [1.807, 2.05) is 25.2 Å². The van der Waals surface area contributed by atoms with Crippen LogP contribution >= 0.6 is 23.2 Å². The Labute approximate surface area is 128 Å². The van der Waals surface area contributed by atoms with E-state index in [-0.39, 0.29) is 11.7 Å². The zero-order chi connectivity index (χ0) is 14.5. The van der Waals surface area contributed by atoms with Gasteiger partial charge in [-0.05, 0) is 42.8 Å². The van der Waals surface area contributed by atoms with E-state index in [1.54, 1.807) is 18.2 Å². The van der Waals surface area contributed by atoms with Crippen molar-refractivity contribution in [3.05, 3.63) is 69.5 Å². The Bertz CT molecular complexity index is 566. The number of halogens is 3. The van der Waals surface area contributed by atoms with Crippen molar-refractivity contribution >= 4 is 23.2 Å². The van der Waals surface area contributed by atoms with Crippen LogP contribution in [-0.4, -0.2) is 13.6 Å². The molecule has 0 heterocycles. The van der Waals surface area contributed by atoms with Gasteiger partial charge in [-0.1, -0.05) is 47.5 Å². The maximum absolute atomic E-state index is 14.0. The summed E-state index contributed by atoms with van der Waals surface area (Å²) >= 11 is 12.4. The summed E-state index contributed by atoms with van der Waals surface area (Å²) < 4.78 is 14.0. The van der Waals surface area contributed by atoms with Gasteiger partial charge in [0.15, 0.2) is 0 Å². The maximum Gasteiger partial charge on any atom is 0.126 e. The Balaban J connectivity index is 2.33. The molecule has 0 radical (unpaired) electrons. The third-order valence-corrected chi connectivity index (χ3v) is 4.02. The molecule has 2 aromatic rings. The second-order valence-electron chi connectivity index (χ2n) is 4.68. The quantitative estimate of drug-likeness (QED) is 0.845. The Morgan fingerprint density at radius 3 is 2.30 bits per heavy atom. The van der Waals surface area contributed by atoms with Crippen LogP contribution in [0.1, 0.15) is 17.0 Å². The van der Waals surface area contributed by atoms with E-state index >= 15 is 0 Å². The first kappa shape index (κ1) is 15.3. The molecule has 0 fully saturated rings. The summed E-state index contributed by atoms with van der Waals surface area (Å²) in [5, 5.41) is 4.34. The van der Waals surface area contributed by atoms with Crippen molar-refractivity contribution in [1.29, 1.82) is 0 Å². The lowest BCUT2D eigenvalue weighted by molar-refractivity contribution is 0.556. The van der Waals surface area contributed by atoms with Crippen LogP contribution in [0.25, 0.3) is 0 Å². The first-order valence-corrected chi connectivity index (χ1v) is 7.21. The fraction of sp³-hybridized carbons (Fsp3) is 0.250. The lowest BCUT2D eigenvalue weighted by atomic mass is 9.91. The smallest absolute Gasteiger partial charge is 0.126 e. The summed E-state index contributed by atoms with van der Waals surface area (Å²) in [6.07, 6.45) is 0.598. The molecular weight excluding hydrogens is 296 g/mol. The minimum Gasteiger partial charge on any atom is -0.319 e. The molecule has 0 aliphatic rings. The summed E-state index contributed by atoms with van der Waals surface area (Å²) in [5.74, 6) is -0.213. The highest BCUT2D eigenvalue weighted by Gasteiger charge is 2.18. The Hall–Kier alpha value is -1.09. The summed E-state index contributed by atoms with van der Waals surface area (Å²) in [6.45, 7) is 0.655. The van der Waals surface area contributed by atoms with Crippen LogP contribution in [0.5, 0.6) is 0 Å². The minimum absolute atomic E-state index is 0.0152. The zero-order valence-corrected chi connectivity index (χ0v) is 12.7. The van der Waals surface area contributed by atoms with Gasteiger partial charge in [-0.2, -0.15) is 0 Å². The molecule has 106 valence electrons. The van der Waals surface area contributed by atoms with Crippen molar-refractivity contribution in [2.45, 2.75) is 12.3 Å². The van der Waals surface area contributed by atoms with Gasteiger partial charge < -0.3 is 5.32 Å². The van der Waals surface area contributed by atoms with Gasteiger partial charge in [-0.3, -0.25) is 0 Å². The fourth-order valence-corrected chi connectivity index (χ4v) is 2.87. The largest absolute Gasteiger partial charge is 0.319 e. The van der Waals surface area contributed by atoms with E-state index in [0.29, 0.717) is 28.6 Å². The Kier molecular flexibility index (Phi) is 5.41. The lowest BCUT2D eigenvalue weighted by Gasteiger charge is -2.19. The first-order valence-electron chi connectivity index (χ1n) is 6.45. The molecule has 0 aliphatic carbocycles. The molecule has 0 saturated heterocycles. The van der Waals surface area contributed by atoms with Crippen LogP contribution in [0.3, 0.4) is 0 Å². The average Bonchev–Trinajstić information content (AvgIpc) is 2.43. The van der Waals surface area contributed by atoms with Gasteiger partial charge in [0.05, 0.1) is 0 Å². The van der Waals surface area contributed by atoms with E-state index in [2.05, 4.69) is 5.32 Å². The highest BCUT2D eigenvalue weighted by Crippen LogP contribution is 2.31. The van der Waals surface area contributed by atoms with Crippen molar-refractivity contribution < 1.29 is 4.39 Å². The zero-order valence-electron chi connectivity index (χ0n) is 11.2. The van der Waals surface area contributed by atoms with Crippen molar-refractivity contribution in [2.24, 2.45) is 0 Å². The topological polar surface area (TPSA) is 12.0 Å². The Morgan fingerprint density at radius 1 is 1.05 bits per heavy atom. The van der Waals surface area contributed by atoms with E-state index < -0.39 is 0 Å². The van der Waals surface area contributed by atoms with Crippen LogP contribution in [0.15, 0.2) is 42.5 Å². The average molecular weight is 312 g/mol. The number of hydrogen-bond donors (Lipinski definition) is 1. The first-order chi connectivity index (χ1) is 9.63. The molecule has 1 N–H and O–H groups in total. The molecule has 0 amide bonds. The normalized spacial score (nSPS) is 12.4. The van der Waals surface area contributed by atoms with Gasteiger partial charge in [0, 0.05) is 22.5 Å². The predicted octanol–water partition coefficient (Wildman–Crippen LogP) is 4.68. The van der Waals surface area contributed by atoms with Gasteiger partial charge in [-0.25, -0.2) is 4.39 Å². The predicted molar refractivity (Wildman–Crippen MR) is 83.2 cm³/mol. The Morgan fingerprint density at radius 2 is 1.70 bits per heavy atom. The van der Waals surface area contributed by atoms with E-state index in [9.17, 15) is 4.39 Å². The molecule has 1 nitrogen and oxygen atoms in total. The van der Waals surface area contributed by atoms with Gasteiger partial charge in [0.2, 0.25) is 0 Å². The molecule has 4 heteroatoms. The van der Waals surface area contributed by atoms with E-state index in [0.717, 1.165) is 5.56 Å². The number of hydrogen-bond acceptors (Lipinski definition) is 1. The molecule has 20 heavy (non-hydrogen) atoms. The molecule has 0 aromatic heterocycles. The number of nitrogens with one attached hydrogen (secondary N) is 1. The SMILES string of the molecule is CNCC(Cc1c(Cl)cccc1Cl)c1ccccc1F. The van der Waals surface area contributed by atoms with Crippen LogP contribution in [0.4, 0.5) is 4.39 Å². The monoisotopic (exact) mass is 311 g/mol. The third kappa shape index (κ3) is 3.51. The van der Waals surface area contributed by atoms with Crippen LogP contribution in [0, 0.1) is 5.82 Å². The molecule has 2 rings (SSSR count). The molecule has 2 aromatic carbocycles. The van der Waals surface area contributed by atoms with Crippen LogP contribution in [0.2, 0.25) is 10.0 Å². The molecule has 1 atom stereocenters. The molecular formula is C16H16Cl2FN. The van der Waals surface area contributed by atoms with E-state index in [4.69, 9.17) is 23.2 Å². The van der Waals surface area contributed by atoms with Crippen molar-refractivity contribution in [3.63, 3.8) is 0 Å². The molecule has 0 aliphatic heterocycles. The van der Waals surface area contributed by atoms with Gasteiger partial charge in [0.1, 0.15) is 5.82 Å². The maximum atomic E-state index is 14.0. The van der Waals surface area contributed by atoms with E-state index in [1.165, 1.54) is 6.07 Å². The van der Waals surface area contributed by atoms with Crippen LogP contribution < -0.4 is 5.32 Å². The van der Waals surface area contributed by atoms with Crippen molar-refractivity contribution in [3.8, 4) is 0 Å².